The van der Waals surface area contributed by atoms with Gasteiger partial charge in [-0.1, -0.05) is 30.1 Å². The first kappa shape index (κ1) is 16.3. The second kappa shape index (κ2) is 6.59. The summed E-state index contributed by atoms with van der Waals surface area (Å²) in [6.45, 7) is 3.21. The molecule has 0 bridgehead atoms. The van der Waals surface area contributed by atoms with Gasteiger partial charge < -0.3 is 5.32 Å². The van der Waals surface area contributed by atoms with Crippen molar-refractivity contribution in [3.63, 3.8) is 0 Å². The van der Waals surface area contributed by atoms with Gasteiger partial charge in [-0.2, -0.15) is 0 Å². The molecule has 0 fully saturated rings. The SMILES string of the molecule is CCS(=O)(=O)CC(C)NC(=O)c1ccc(Cl)c(Cl)c1. The number of sulfone groups is 1. The minimum absolute atomic E-state index is 0.0555. The molecule has 0 radical (unpaired) electrons. The van der Waals surface area contributed by atoms with Crippen LogP contribution in [-0.2, 0) is 9.84 Å². The molecule has 0 aliphatic rings. The van der Waals surface area contributed by atoms with Crippen LogP contribution < -0.4 is 5.32 Å². The van der Waals surface area contributed by atoms with Gasteiger partial charge in [-0.25, -0.2) is 8.42 Å². The summed E-state index contributed by atoms with van der Waals surface area (Å²) in [7, 11) is -3.12. The second-order valence-electron chi connectivity index (χ2n) is 4.20. The van der Waals surface area contributed by atoms with Crippen molar-refractivity contribution in [1.29, 1.82) is 0 Å². The molecule has 19 heavy (non-hydrogen) atoms. The summed E-state index contributed by atoms with van der Waals surface area (Å²) in [6, 6.07) is 4.03. The molecule has 1 aromatic carbocycles. The van der Waals surface area contributed by atoms with Crippen LogP contribution in [0.5, 0.6) is 0 Å². The monoisotopic (exact) mass is 323 g/mol. The number of halogens is 2. The predicted octanol–water partition coefficient (Wildman–Crippen LogP) is 2.55. The minimum atomic E-state index is -3.12. The Morgan fingerprint density at radius 1 is 1.32 bits per heavy atom. The normalized spacial score (nSPS) is 13.1. The van der Waals surface area contributed by atoms with E-state index in [1.54, 1.807) is 13.8 Å². The topological polar surface area (TPSA) is 63.2 Å². The van der Waals surface area contributed by atoms with Gasteiger partial charge in [0.2, 0.25) is 0 Å². The molecule has 0 aliphatic carbocycles. The maximum atomic E-state index is 11.9. The van der Waals surface area contributed by atoms with Crippen molar-refractivity contribution >= 4 is 38.9 Å². The lowest BCUT2D eigenvalue weighted by Crippen LogP contribution is -2.37. The molecule has 0 saturated carbocycles. The highest BCUT2D eigenvalue weighted by atomic mass is 35.5. The first-order chi connectivity index (χ1) is 8.75. The summed E-state index contributed by atoms with van der Waals surface area (Å²) in [4.78, 5) is 11.9. The Morgan fingerprint density at radius 2 is 1.95 bits per heavy atom. The van der Waals surface area contributed by atoms with Crippen LogP contribution in [0.15, 0.2) is 18.2 Å². The summed E-state index contributed by atoms with van der Waals surface area (Å²) in [6.07, 6.45) is 0. The van der Waals surface area contributed by atoms with Gasteiger partial charge in [-0.3, -0.25) is 4.79 Å². The average molecular weight is 324 g/mol. The Morgan fingerprint density at radius 3 is 2.47 bits per heavy atom. The van der Waals surface area contributed by atoms with Crippen molar-refractivity contribution in [3.05, 3.63) is 33.8 Å². The molecule has 1 rings (SSSR count). The van der Waals surface area contributed by atoms with Crippen LogP contribution >= 0.6 is 23.2 Å². The van der Waals surface area contributed by atoms with Crippen LogP contribution in [0.25, 0.3) is 0 Å². The Labute approximate surface area is 123 Å². The molecule has 7 heteroatoms. The Kier molecular flexibility index (Phi) is 5.64. The first-order valence-corrected chi connectivity index (χ1v) is 8.29. The minimum Gasteiger partial charge on any atom is -0.349 e. The second-order valence-corrected chi connectivity index (χ2v) is 7.41. The van der Waals surface area contributed by atoms with Gasteiger partial charge in [-0.05, 0) is 25.1 Å². The first-order valence-electron chi connectivity index (χ1n) is 5.71. The zero-order valence-electron chi connectivity index (χ0n) is 10.6. The largest absolute Gasteiger partial charge is 0.349 e. The van der Waals surface area contributed by atoms with E-state index >= 15 is 0 Å². The number of benzene rings is 1. The fourth-order valence-electron chi connectivity index (χ4n) is 1.48. The van der Waals surface area contributed by atoms with Crippen molar-refractivity contribution in [3.8, 4) is 0 Å². The van der Waals surface area contributed by atoms with Gasteiger partial charge in [0.15, 0.2) is 9.84 Å². The smallest absolute Gasteiger partial charge is 0.251 e. The van der Waals surface area contributed by atoms with E-state index < -0.39 is 15.9 Å². The van der Waals surface area contributed by atoms with E-state index in [9.17, 15) is 13.2 Å². The van der Waals surface area contributed by atoms with E-state index in [0.717, 1.165) is 0 Å². The number of carbonyl (C=O) groups excluding carboxylic acids is 1. The molecule has 4 nitrogen and oxygen atoms in total. The van der Waals surface area contributed by atoms with Gasteiger partial charge in [0.1, 0.15) is 0 Å². The zero-order chi connectivity index (χ0) is 14.6. The third-order valence-corrected chi connectivity index (χ3v) is 5.13. The van der Waals surface area contributed by atoms with Crippen LogP contribution in [0.1, 0.15) is 24.2 Å². The Hall–Kier alpha value is -0.780. The quantitative estimate of drug-likeness (QED) is 0.905. The average Bonchev–Trinajstić information content (AvgIpc) is 2.31. The molecule has 1 amide bonds. The maximum Gasteiger partial charge on any atom is 0.251 e. The molecule has 1 atom stereocenters. The molecule has 106 valence electrons. The summed E-state index contributed by atoms with van der Waals surface area (Å²) < 4.78 is 22.9. The molecule has 0 aromatic heterocycles. The van der Waals surface area contributed by atoms with E-state index in [4.69, 9.17) is 23.2 Å². The zero-order valence-corrected chi connectivity index (χ0v) is 12.9. The van der Waals surface area contributed by atoms with Crippen molar-refractivity contribution in [1.82, 2.24) is 5.32 Å². The highest BCUT2D eigenvalue weighted by Gasteiger charge is 2.16. The fourth-order valence-corrected chi connectivity index (χ4v) is 2.86. The number of hydrogen-bond acceptors (Lipinski definition) is 3. The molecule has 1 N–H and O–H groups in total. The number of rotatable bonds is 5. The van der Waals surface area contributed by atoms with E-state index in [-0.39, 0.29) is 22.4 Å². The molecule has 0 spiro atoms. The Bertz CT molecular complexity index is 572. The number of carbonyl (C=O) groups is 1. The third-order valence-electron chi connectivity index (χ3n) is 2.50. The van der Waals surface area contributed by atoms with Gasteiger partial charge in [0.05, 0.1) is 15.8 Å². The van der Waals surface area contributed by atoms with Gasteiger partial charge in [-0.15, -0.1) is 0 Å². The van der Waals surface area contributed by atoms with Crippen molar-refractivity contribution < 1.29 is 13.2 Å². The number of amides is 1. The molecule has 0 heterocycles. The van der Waals surface area contributed by atoms with Crippen LogP contribution in [-0.4, -0.2) is 31.9 Å². The summed E-state index contributed by atoms with van der Waals surface area (Å²) in [5, 5.41) is 3.26. The van der Waals surface area contributed by atoms with Gasteiger partial charge in [0.25, 0.3) is 5.91 Å². The lowest BCUT2D eigenvalue weighted by molar-refractivity contribution is 0.0943. The van der Waals surface area contributed by atoms with E-state index in [0.29, 0.717) is 10.6 Å². The highest BCUT2D eigenvalue weighted by molar-refractivity contribution is 7.91. The highest BCUT2D eigenvalue weighted by Crippen LogP contribution is 2.22. The van der Waals surface area contributed by atoms with Gasteiger partial charge in [0, 0.05) is 17.4 Å². The molecule has 1 unspecified atom stereocenters. The third kappa shape index (κ3) is 5.01. The van der Waals surface area contributed by atoms with Gasteiger partial charge >= 0.3 is 0 Å². The summed E-state index contributed by atoms with van der Waals surface area (Å²) in [5.41, 5.74) is 0.343. The lowest BCUT2D eigenvalue weighted by atomic mass is 10.2. The van der Waals surface area contributed by atoms with E-state index in [1.807, 2.05) is 0 Å². The number of hydrogen-bond donors (Lipinski definition) is 1. The van der Waals surface area contributed by atoms with Crippen molar-refractivity contribution in [2.45, 2.75) is 19.9 Å². The fraction of sp³-hybridized carbons (Fsp3) is 0.417. The maximum absolute atomic E-state index is 11.9. The van der Waals surface area contributed by atoms with Crippen molar-refractivity contribution in [2.75, 3.05) is 11.5 Å². The van der Waals surface area contributed by atoms with E-state index in [2.05, 4.69) is 5.32 Å². The molecule has 0 saturated heterocycles. The van der Waals surface area contributed by atoms with Crippen LogP contribution in [0.2, 0.25) is 10.0 Å². The van der Waals surface area contributed by atoms with E-state index in [1.165, 1.54) is 18.2 Å². The van der Waals surface area contributed by atoms with Crippen LogP contribution in [0, 0.1) is 0 Å². The molecular weight excluding hydrogens is 309 g/mol. The number of nitrogens with one attached hydrogen (secondary N) is 1. The molecule has 1 aromatic rings. The van der Waals surface area contributed by atoms with Crippen LogP contribution in [0.4, 0.5) is 0 Å². The summed E-state index contributed by atoms with van der Waals surface area (Å²) in [5.74, 6) is -0.409. The predicted molar refractivity (Wildman–Crippen MR) is 77.7 cm³/mol. The lowest BCUT2D eigenvalue weighted by Gasteiger charge is -2.13. The van der Waals surface area contributed by atoms with Crippen LogP contribution in [0.3, 0.4) is 0 Å². The molecule has 0 aliphatic heterocycles. The summed E-state index contributed by atoms with van der Waals surface area (Å²) >= 11 is 11.6. The molecular formula is C12H15Cl2NO3S. The Balaban J connectivity index is 2.72. The van der Waals surface area contributed by atoms with Crippen molar-refractivity contribution in [2.24, 2.45) is 0 Å². The standard InChI is InChI=1S/C12H15Cl2NO3S/c1-3-19(17,18)7-8(2)15-12(16)9-4-5-10(13)11(14)6-9/h4-6,8H,3,7H2,1-2H3,(H,15,16).